The monoisotopic (exact) mass is 433 g/mol. The van der Waals surface area contributed by atoms with E-state index >= 15 is 0 Å². The molecular formula is C19H19N3O3S3. The topological polar surface area (TPSA) is 81.2 Å². The molecule has 1 N–H and O–H groups in total. The van der Waals surface area contributed by atoms with Crippen LogP contribution < -0.4 is 5.32 Å². The van der Waals surface area contributed by atoms with E-state index in [9.17, 15) is 9.59 Å². The second kappa shape index (κ2) is 8.59. The lowest BCUT2D eigenvalue weighted by atomic mass is 9.95. The van der Waals surface area contributed by atoms with E-state index in [1.165, 1.54) is 34.3 Å². The smallest absolute Gasteiger partial charge is 0.341 e. The highest BCUT2D eigenvalue weighted by Crippen LogP contribution is 2.38. The molecule has 3 aromatic rings. The van der Waals surface area contributed by atoms with Crippen molar-refractivity contribution in [2.24, 2.45) is 0 Å². The van der Waals surface area contributed by atoms with Crippen LogP contribution in [0.15, 0.2) is 22.8 Å². The number of amides is 1. The first-order valence-corrected chi connectivity index (χ1v) is 11.8. The lowest BCUT2D eigenvalue weighted by molar-refractivity contribution is -0.113. The molecule has 146 valence electrons. The first kappa shape index (κ1) is 19.4. The summed E-state index contributed by atoms with van der Waals surface area (Å²) in [5, 5.41) is 7.26. The Morgan fingerprint density at radius 3 is 3.00 bits per heavy atom. The molecule has 1 aliphatic rings. The minimum atomic E-state index is -0.347. The van der Waals surface area contributed by atoms with Crippen molar-refractivity contribution in [2.45, 2.75) is 37.6 Å². The number of nitrogens with zero attached hydrogens (tertiary/aromatic N) is 2. The molecule has 0 saturated heterocycles. The van der Waals surface area contributed by atoms with Crippen molar-refractivity contribution < 1.29 is 14.3 Å². The Bertz CT molecular complexity index is 1030. The van der Waals surface area contributed by atoms with E-state index in [2.05, 4.69) is 15.3 Å². The predicted octanol–water partition coefficient (Wildman–Crippen LogP) is 4.54. The molecule has 9 heteroatoms. The van der Waals surface area contributed by atoms with Crippen molar-refractivity contribution in [1.82, 2.24) is 9.97 Å². The zero-order valence-corrected chi connectivity index (χ0v) is 17.8. The van der Waals surface area contributed by atoms with Crippen LogP contribution in [-0.4, -0.2) is 34.2 Å². The number of thiophene rings is 2. The molecule has 3 aromatic heterocycles. The third kappa shape index (κ3) is 3.92. The second-order valence-corrected chi connectivity index (χ2v) is 9.25. The highest BCUT2D eigenvalue weighted by Gasteiger charge is 2.27. The average molecular weight is 434 g/mol. The molecule has 1 amide bonds. The van der Waals surface area contributed by atoms with Crippen LogP contribution in [0.25, 0.3) is 10.2 Å². The van der Waals surface area contributed by atoms with E-state index in [0.29, 0.717) is 17.2 Å². The van der Waals surface area contributed by atoms with Crippen LogP contribution in [0.2, 0.25) is 0 Å². The summed E-state index contributed by atoms with van der Waals surface area (Å²) < 4.78 is 5.24. The number of hydrogen-bond donors (Lipinski definition) is 1. The van der Waals surface area contributed by atoms with Gasteiger partial charge in [-0.25, -0.2) is 14.8 Å². The second-order valence-electron chi connectivity index (χ2n) is 6.29. The summed E-state index contributed by atoms with van der Waals surface area (Å²) in [7, 11) is 0. The van der Waals surface area contributed by atoms with Crippen LogP contribution in [0.4, 0.5) is 5.00 Å². The van der Waals surface area contributed by atoms with Crippen molar-refractivity contribution in [3.05, 3.63) is 33.8 Å². The van der Waals surface area contributed by atoms with Crippen molar-refractivity contribution in [3.8, 4) is 0 Å². The fourth-order valence-electron chi connectivity index (χ4n) is 3.25. The summed E-state index contributed by atoms with van der Waals surface area (Å²) >= 11 is 4.43. The highest BCUT2D eigenvalue weighted by atomic mass is 32.2. The van der Waals surface area contributed by atoms with Gasteiger partial charge < -0.3 is 10.1 Å². The Morgan fingerprint density at radius 1 is 1.29 bits per heavy atom. The van der Waals surface area contributed by atoms with E-state index in [1.807, 2.05) is 11.4 Å². The zero-order chi connectivity index (χ0) is 19.5. The van der Waals surface area contributed by atoms with Crippen LogP contribution in [0.5, 0.6) is 0 Å². The Kier molecular flexibility index (Phi) is 5.93. The summed E-state index contributed by atoms with van der Waals surface area (Å²) in [6, 6.07) is 1.96. The van der Waals surface area contributed by atoms with Crippen LogP contribution in [0.1, 0.15) is 40.6 Å². The molecule has 28 heavy (non-hydrogen) atoms. The predicted molar refractivity (Wildman–Crippen MR) is 114 cm³/mol. The number of nitrogens with one attached hydrogen (secondary N) is 1. The van der Waals surface area contributed by atoms with Crippen LogP contribution in [0.3, 0.4) is 0 Å². The molecular weight excluding hydrogens is 414 g/mol. The van der Waals surface area contributed by atoms with Gasteiger partial charge in [0.25, 0.3) is 0 Å². The molecule has 1 aliphatic carbocycles. The summed E-state index contributed by atoms with van der Waals surface area (Å²) in [4.78, 5) is 35.7. The van der Waals surface area contributed by atoms with E-state index in [0.717, 1.165) is 46.5 Å². The lowest BCUT2D eigenvalue weighted by Gasteiger charge is -2.12. The lowest BCUT2D eigenvalue weighted by Crippen LogP contribution is -2.17. The van der Waals surface area contributed by atoms with Gasteiger partial charge in [0, 0.05) is 10.3 Å². The number of carbonyl (C=O) groups is 2. The van der Waals surface area contributed by atoms with Crippen LogP contribution in [0, 0.1) is 0 Å². The maximum absolute atomic E-state index is 12.6. The molecule has 0 unspecified atom stereocenters. The number of aromatic nitrogens is 2. The van der Waals surface area contributed by atoms with Gasteiger partial charge in [-0.1, -0.05) is 11.8 Å². The fraction of sp³-hybridized carbons (Fsp3) is 0.368. The van der Waals surface area contributed by atoms with Gasteiger partial charge in [0.05, 0.1) is 17.9 Å². The van der Waals surface area contributed by atoms with Gasteiger partial charge in [0.2, 0.25) is 5.91 Å². The molecule has 0 spiro atoms. The number of carbonyl (C=O) groups excluding carboxylic acids is 2. The Morgan fingerprint density at radius 2 is 2.14 bits per heavy atom. The van der Waals surface area contributed by atoms with Crippen LogP contribution in [-0.2, 0) is 22.4 Å². The van der Waals surface area contributed by atoms with Gasteiger partial charge in [0.1, 0.15) is 21.2 Å². The summed E-state index contributed by atoms with van der Waals surface area (Å²) in [5.41, 5.74) is 1.59. The number of aryl methyl sites for hydroxylation is 1. The van der Waals surface area contributed by atoms with E-state index < -0.39 is 0 Å². The molecule has 0 bridgehead atoms. The Labute approximate surface area is 174 Å². The number of ether oxygens (including phenoxy) is 1. The number of fused-ring (bicyclic) bond motifs is 2. The summed E-state index contributed by atoms with van der Waals surface area (Å²) in [6.45, 7) is 2.11. The van der Waals surface area contributed by atoms with Crippen molar-refractivity contribution in [1.29, 1.82) is 0 Å². The third-order valence-corrected chi connectivity index (χ3v) is 7.50. The summed E-state index contributed by atoms with van der Waals surface area (Å²) in [6.07, 6.45) is 5.51. The Balaban J connectivity index is 1.50. The highest BCUT2D eigenvalue weighted by molar-refractivity contribution is 8.00. The number of hydrogen-bond acceptors (Lipinski definition) is 8. The number of rotatable bonds is 6. The summed E-state index contributed by atoms with van der Waals surface area (Å²) in [5.74, 6) is -0.288. The standard InChI is InChI=1S/C19H19N3O3S3/c1-2-25-19(24)15-11-5-3-4-6-13(11)28-18(15)22-14(23)9-27-17-12-7-8-26-16(12)20-10-21-17/h7-8,10H,2-6,9H2,1H3,(H,22,23). The van der Waals surface area contributed by atoms with Crippen molar-refractivity contribution in [3.63, 3.8) is 0 Å². The van der Waals surface area contributed by atoms with Gasteiger partial charge in [0.15, 0.2) is 0 Å². The third-order valence-electron chi connectivity index (χ3n) is 4.47. The van der Waals surface area contributed by atoms with Crippen molar-refractivity contribution >= 4 is 61.5 Å². The zero-order valence-electron chi connectivity index (χ0n) is 15.3. The minimum Gasteiger partial charge on any atom is -0.462 e. The molecule has 3 heterocycles. The van der Waals surface area contributed by atoms with Gasteiger partial charge in [-0.05, 0) is 49.6 Å². The molecule has 4 rings (SSSR count). The van der Waals surface area contributed by atoms with Gasteiger partial charge in [-0.3, -0.25) is 4.79 Å². The first-order chi connectivity index (χ1) is 13.7. The van der Waals surface area contributed by atoms with E-state index in [1.54, 1.807) is 18.3 Å². The van der Waals surface area contributed by atoms with Crippen molar-refractivity contribution in [2.75, 3.05) is 17.7 Å². The maximum Gasteiger partial charge on any atom is 0.341 e. The number of esters is 1. The molecule has 0 aromatic carbocycles. The average Bonchev–Trinajstić information content (AvgIpc) is 3.30. The Hall–Kier alpha value is -1.97. The SMILES string of the molecule is CCOC(=O)c1c(NC(=O)CSc2ncnc3sccc23)sc2c1CCCC2. The molecule has 0 aliphatic heterocycles. The fourth-order valence-corrected chi connectivity index (χ4v) is 6.12. The maximum atomic E-state index is 12.6. The quantitative estimate of drug-likeness (QED) is 0.349. The van der Waals surface area contributed by atoms with E-state index in [-0.39, 0.29) is 17.6 Å². The largest absolute Gasteiger partial charge is 0.462 e. The first-order valence-electron chi connectivity index (χ1n) is 9.10. The molecule has 0 saturated carbocycles. The number of thioether (sulfide) groups is 1. The van der Waals surface area contributed by atoms with Gasteiger partial charge in [-0.15, -0.1) is 22.7 Å². The molecule has 6 nitrogen and oxygen atoms in total. The normalized spacial score (nSPS) is 13.3. The molecule has 0 atom stereocenters. The van der Waals surface area contributed by atoms with E-state index in [4.69, 9.17) is 4.74 Å². The molecule has 0 fully saturated rings. The molecule has 0 radical (unpaired) electrons. The number of anilines is 1. The minimum absolute atomic E-state index is 0.156. The van der Waals surface area contributed by atoms with Gasteiger partial charge in [-0.2, -0.15) is 0 Å². The van der Waals surface area contributed by atoms with Gasteiger partial charge >= 0.3 is 5.97 Å². The van der Waals surface area contributed by atoms with Crippen LogP contribution >= 0.6 is 34.4 Å².